The van der Waals surface area contributed by atoms with Crippen molar-refractivity contribution < 1.29 is 14.6 Å². The fourth-order valence-electron chi connectivity index (χ4n) is 3.42. The number of carbonyl (C=O) groups excluding carboxylic acids is 1. The summed E-state index contributed by atoms with van der Waals surface area (Å²) in [5, 5.41) is 12.3. The van der Waals surface area contributed by atoms with E-state index in [2.05, 4.69) is 17.4 Å². The van der Waals surface area contributed by atoms with Crippen LogP contribution in [0.1, 0.15) is 63.0 Å². The van der Waals surface area contributed by atoms with E-state index < -0.39 is 0 Å². The lowest BCUT2D eigenvalue weighted by Gasteiger charge is -2.31. The minimum absolute atomic E-state index is 0.0801. The Bertz CT molecular complexity index is 543. The van der Waals surface area contributed by atoms with Gasteiger partial charge in [-0.2, -0.15) is 0 Å². The molecule has 0 aliphatic heterocycles. The quantitative estimate of drug-likeness (QED) is 0.811. The third-order valence-corrected chi connectivity index (χ3v) is 5.11. The van der Waals surface area contributed by atoms with E-state index in [1.807, 2.05) is 19.9 Å². The Balaban J connectivity index is 2.05. The average Bonchev–Trinajstić information content (AvgIpc) is 2.54. The Morgan fingerprint density at radius 1 is 1.48 bits per heavy atom. The molecule has 1 aromatic carbocycles. The van der Waals surface area contributed by atoms with Crippen LogP contribution in [0.2, 0.25) is 0 Å². The molecule has 2 atom stereocenters. The molecule has 0 saturated heterocycles. The minimum Gasteiger partial charge on any atom is -0.497 e. The number of methoxy groups -OCH3 is 1. The van der Waals surface area contributed by atoms with Gasteiger partial charge in [0.2, 0.25) is 5.91 Å². The van der Waals surface area contributed by atoms with Crippen LogP contribution in [0.25, 0.3) is 0 Å². The van der Waals surface area contributed by atoms with E-state index in [1.165, 1.54) is 11.1 Å². The molecule has 0 aromatic heterocycles. The summed E-state index contributed by atoms with van der Waals surface area (Å²) >= 11 is 0. The molecule has 0 heterocycles. The number of benzene rings is 1. The number of hydrogen-bond acceptors (Lipinski definition) is 3. The molecule has 2 unspecified atom stereocenters. The summed E-state index contributed by atoms with van der Waals surface area (Å²) in [4.78, 5) is 12.5. The van der Waals surface area contributed by atoms with Crippen LogP contribution < -0.4 is 10.1 Å². The first-order chi connectivity index (χ1) is 11.0. The van der Waals surface area contributed by atoms with Crippen molar-refractivity contribution in [1.82, 2.24) is 5.32 Å². The number of fused-ring (bicyclic) bond motifs is 1. The maximum absolute atomic E-state index is 12.5. The summed E-state index contributed by atoms with van der Waals surface area (Å²) in [6.07, 6.45) is 5.14. The van der Waals surface area contributed by atoms with Crippen molar-refractivity contribution in [3.63, 3.8) is 0 Å². The molecule has 1 amide bonds. The van der Waals surface area contributed by atoms with Crippen molar-refractivity contribution in [3.05, 3.63) is 29.3 Å². The topological polar surface area (TPSA) is 58.6 Å². The summed E-state index contributed by atoms with van der Waals surface area (Å²) in [7, 11) is 1.68. The molecule has 23 heavy (non-hydrogen) atoms. The highest BCUT2D eigenvalue weighted by atomic mass is 16.5. The van der Waals surface area contributed by atoms with Crippen LogP contribution in [0.15, 0.2) is 18.2 Å². The highest BCUT2D eigenvalue weighted by Gasteiger charge is 2.27. The first-order valence-electron chi connectivity index (χ1n) is 8.60. The largest absolute Gasteiger partial charge is 0.497 e. The number of aliphatic hydroxyl groups excluding tert-OH is 1. The Morgan fingerprint density at radius 3 is 2.91 bits per heavy atom. The molecular weight excluding hydrogens is 290 g/mol. The highest BCUT2D eigenvalue weighted by Crippen LogP contribution is 2.36. The predicted molar refractivity (Wildman–Crippen MR) is 91.8 cm³/mol. The fourth-order valence-corrected chi connectivity index (χ4v) is 3.42. The molecule has 0 fully saturated rings. The molecule has 0 radical (unpaired) electrons. The van der Waals surface area contributed by atoms with Crippen LogP contribution in [-0.4, -0.2) is 30.3 Å². The zero-order chi connectivity index (χ0) is 16.9. The average molecular weight is 319 g/mol. The SMILES string of the molecule is CCC(C)(CCO)NC(=O)CC1CCCc2cc(OC)ccc21. The molecular formula is C19H29NO3. The molecule has 0 bridgehead atoms. The summed E-state index contributed by atoms with van der Waals surface area (Å²) < 4.78 is 5.30. The molecule has 2 N–H and O–H groups in total. The van der Waals surface area contributed by atoms with Gasteiger partial charge in [-0.25, -0.2) is 0 Å². The van der Waals surface area contributed by atoms with Crippen LogP contribution in [0, 0.1) is 0 Å². The number of aryl methyl sites for hydroxylation is 1. The monoisotopic (exact) mass is 319 g/mol. The smallest absolute Gasteiger partial charge is 0.221 e. The van der Waals surface area contributed by atoms with Gasteiger partial charge in [0.25, 0.3) is 0 Å². The van der Waals surface area contributed by atoms with E-state index in [0.29, 0.717) is 12.8 Å². The molecule has 0 spiro atoms. The van der Waals surface area contributed by atoms with Crippen molar-refractivity contribution in [1.29, 1.82) is 0 Å². The number of ether oxygens (including phenoxy) is 1. The first kappa shape index (κ1) is 17.8. The number of carbonyl (C=O) groups is 1. The number of rotatable bonds is 7. The lowest BCUT2D eigenvalue weighted by atomic mass is 9.80. The normalized spacial score (nSPS) is 19.6. The van der Waals surface area contributed by atoms with Crippen LogP contribution in [0.3, 0.4) is 0 Å². The zero-order valence-electron chi connectivity index (χ0n) is 14.5. The molecule has 4 nitrogen and oxygen atoms in total. The number of amides is 1. The molecule has 128 valence electrons. The summed E-state index contributed by atoms with van der Waals surface area (Å²) in [6.45, 7) is 4.13. The Labute approximate surface area is 139 Å². The predicted octanol–water partition coefficient (Wildman–Crippen LogP) is 3.17. The minimum atomic E-state index is -0.316. The second-order valence-electron chi connectivity index (χ2n) is 6.79. The Kier molecular flexibility index (Phi) is 6.05. The fraction of sp³-hybridized carbons (Fsp3) is 0.632. The maximum atomic E-state index is 12.5. The lowest BCUT2D eigenvalue weighted by molar-refractivity contribution is -0.123. The molecule has 1 aliphatic carbocycles. The van der Waals surface area contributed by atoms with Gasteiger partial charge in [-0.15, -0.1) is 0 Å². The second kappa shape index (κ2) is 7.82. The lowest BCUT2D eigenvalue weighted by Crippen LogP contribution is -2.46. The van der Waals surface area contributed by atoms with E-state index >= 15 is 0 Å². The standard InChI is InChI=1S/C19H29NO3/c1-4-19(2,10-11-21)20-18(22)13-15-7-5-6-14-12-16(23-3)8-9-17(14)15/h8-9,12,15,21H,4-7,10-11,13H2,1-3H3,(H,20,22). The van der Waals surface area contributed by atoms with E-state index in [1.54, 1.807) is 7.11 Å². The van der Waals surface area contributed by atoms with Crippen molar-refractivity contribution in [2.75, 3.05) is 13.7 Å². The van der Waals surface area contributed by atoms with Gasteiger partial charge in [0, 0.05) is 18.6 Å². The molecule has 1 aromatic rings. The first-order valence-corrected chi connectivity index (χ1v) is 8.60. The third kappa shape index (κ3) is 4.47. The van der Waals surface area contributed by atoms with Gasteiger partial charge in [-0.3, -0.25) is 4.79 Å². The molecule has 0 saturated carbocycles. The van der Waals surface area contributed by atoms with Gasteiger partial charge in [-0.05, 0) is 68.2 Å². The van der Waals surface area contributed by atoms with Crippen LogP contribution in [0.4, 0.5) is 0 Å². The van der Waals surface area contributed by atoms with Crippen LogP contribution in [-0.2, 0) is 11.2 Å². The van der Waals surface area contributed by atoms with Crippen LogP contribution >= 0.6 is 0 Å². The van der Waals surface area contributed by atoms with E-state index in [0.717, 1.165) is 31.4 Å². The number of aliphatic hydroxyl groups is 1. The van der Waals surface area contributed by atoms with Gasteiger partial charge < -0.3 is 15.2 Å². The van der Waals surface area contributed by atoms with Crippen molar-refractivity contribution in [3.8, 4) is 5.75 Å². The van der Waals surface area contributed by atoms with Gasteiger partial charge in [0.15, 0.2) is 0 Å². The highest BCUT2D eigenvalue weighted by molar-refractivity contribution is 5.77. The second-order valence-corrected chi connectivity index (χ2v) is 6.79. The van der Waals surface area contributed by atoms with Crippen LogP contribution in [0.5, 0.6) is 5.75 Å². The van der Waals surface area contributed by atoms with Gasteiger partial charge in [0.05, 0.1) is 7.11 Å². The summed E-state index contributed by atoms with van der Waals surface area (Å²) in [5.74, 6) is 1.24. The third-order valence-electron chi connectivity index (χ3n) is 5.11. The molecule has 1 aliphatic rings. The van der Waals surface area contributed by atoms with E-state index in [-0.39, 0.29) is 24.0 Å². The number of nitrogens with one attached hydrogen (secondary N) is 1. The van der Waals surface area contributed by atoms with Crippen molar-refractivity contribution >= 4 is 5.91 Å². The summed E-state index contributed by atoms with van der Waals surface area (Å²) in [6, 6.07) is 6.19. The van der Waals surface area contributed by atoms with Crippen molar-refractivity contribution in [2.24, 2.45) is 0 Å². The number of hydrogen-bond donors (Lipinski definition) is 2. The maximum Gasteiger partial charge on any atom is 0.221 e. The van der Waals surface area contributed by atoms with Gasteiger partial charge in [0.1, 0.15) is 5.75 Å². The van der Waals surface area contributed by atoms with Crippen molar-refractivity contribution in [2.45, 2.75) is 63.8 Å². The Hall–Kier alpha value is -1.55. The van der Waals surface area contributed by atoms with E-state index in [9.17, 15) is 9.90 Å². The zero-order valence-corrected chi connectivity index (χ0v) is 14.5. The molecule has 2 rings (SSSR count). The van der Waals surface area contributed by atoms with Gasteiger partial charge in [-0.1, -0.05) is 13.0 Å². The Morgan fingerprint density at radius 2 is 2.26 bits per heavy atom. The summed E-state index contributed by atoms with van der Waals surface area (Å²) in [5.41, 5.74) is 2.28. The van der Waals surface area contributed by atoms with E-state index in [4.69, 9.17) is 4.74 Å². The molecule has 4 heteroatoms. The van der Waals surface area contributed by atoms with Gasteiger partial charge >= 0.3 is 0 Å².